The average Bonchev–Trinajstić information content (AvgIpc) is 3.08. The largest absolute Gasteiger partial charge is 0.465 e. The van der Waals surface area contributed by atoms with E-state index in [1.807, 2.05) is 0 Å². The normalized spacial score (nSPS) is 25.9. The molecule has 1 aliphatic carbocycles. The van der Waals surface area contributed by atoms with Crippen molar-refractivity contribution in [1.82, 2.24) is 0 Å². The highest BCUT2D eigenvalue weighted by atomic mass is 32.2. The molecule has 0 aromatic heterocycles. The second-order valence-corrected chi connectivity index (χ2v) is 8.59. The lowest BCUT2D eigenvalue weighted by Crippen LogP contribution is -2.41. The molecule has 27 heavy (non-hydrogen) atoms. The summed E-state index contributed by atoms with van der Waals surface area (Å²) in [4.78, 5) is 12.7. The molecule has 0 radical (unpaired) electrons. The highest BCUT2D eigenvalue weighted by Crippen LogP contribution is 2.57. The van der Waals surface area contributed by atoms with Gasteiger partial charge in [0.25, 0.3) is 0 Å². The molecule has 0 spiro atoms. The van der Waals surface area contributed by atoms with E-state index in [0.717, 1.165) is 0 Å². The first-order valence-corrected chi connectivity index (χ1v) is 10.1. The van der Waals surface area contributed by atoms with Gasteiger partial charge in [0.1, 0.15) is 10.8 Å². The summed E-state index contributed by atoms with van der Waals surface area (Å²) in [7, 11) is -3.85. The Morgan fingerprint density at radius 2 is 1.89 bits per heavy atom. The minimum absolute atomic E-state index is 0.0981. The van der Waals surface area contributed by atoms with Crippen LogP contribution in [0.15, 0.2) is 53.4 Å². The molecule has 3 atom stereocenters. The van der Waals surface area contributed by atoms with Gasteiger partial charge in [0, 0.05) is 5.92 Å². The minimum Gasteiger partial charge on any atom is -0.465 e. The van der Waals surface area contributed by atoms with Crippen LogP contribution >= 0.6 is 0 Å². The first-order chi connectivity index (χ1) is 12.9. The van der Waals surface area contributed by atoms with Gasteiger partial charge in [-0.2, -0.15) is 0 Å². The van der Waals surface area contributed by atoms with Crippen LogP contribution in [-0.4, -0.2) is 38.6 Å². The van der Waals surface area contributed by atoms with Crippen LogP contribution in [0.5, 0.6) is 11.5 Å². The summed E-state index contributed by atoms with van der Waals surface area (Å²) in [6.45, 7) is 1.87. The number of ether oxygens (including phenoxy) is 3. The number of carbonyl (C=O) groups excluding carboxylic acids is 1. The van der Waals surface area contributed by atoms with Crippen LogP contribution in [-0.2, 0) is 19.4 Å². The molecule has 142 valence electrons. The maximum atomic E-state index is 13.2. The van der Waals surface area contributed by atoms with Crippen molar-refractivity contribution in [3.63, 3.8) is 0 Å². The molecule has 3 unspecified atom stereocenters. The van der Waals surface area contributed by atoms with Crippen molar-refractivity contribution < 1.29 is 27.4 Å². The summed E-state index contributed by atoms with van der Waals surface area (Å²) in [5.74, 6) is -0.393. The van der Waals surface area contributed by atoms with Crippen molar-refractivity contribution in [1.29, 1.82) is 0 Å². The summed E-state index contributed by atoms with van der Waals surface area (Å²) in [5.41, 5.74) is 5.28. The molecule has 4 rings (SSSR count). The first kappa shape index (κ1) is 17.8. The SMILES string of the molecule is CCOC(=O)C1(N)C(c2ccc3c(c2)OCO3)C1S(=O)(=O)c1ccccc1. The number of fused-ring (bicyclic) bond motifs is 1. The summed E-state index contributed by atoms with van der Waals surface area (Å²) >= 11 is 0. The second-order valence-electron chi connectivity index (χ2n) is 6.52. The smallest absolute Gasteiger partial charge is 0.328 e. The molecule has 2 aromatic rings. The van der Waals surface area contributed by atoms with Gasteiger partial charge >= 0.3 is 5.97 Å². The Labute approximate surface area is 156 Å². The number of hydrogen-bond donors (Lipinski definition) is 1. The number of nitrogens with two attached hydrogens (primary N) is 1. The monoisotopic (exact) mass is 389 g/mol. The van der Waals surface area contributed by atoms with Crippen LogP contribution in [0.1, 0.15) is 18.4 Å². The molecule has 0 amide bonds. The number of rotatable bonds is 5. The molecule has 1 fully saturated rings. The zero-order chi connectivity index (χ0) is 19.2. The van der Waals surface area contributed by atoms with Crippen molar-refractivity contribution in [2.75, 3.05) is 13.4 Å². The predicted molar refractivity (Wildman–Crippen MR) is 96.3 cm³/mol. The summed E-state index contributed by atoms with van der Waals surface area (Å²) in [6.07, 6.45) is 0. The summed E-state index contributed by atoms with van der Waals surface area (Å²) in [5, 5.41) is -1.12. The topological polar surface area (TPSA) is 105 Å². The van der Waals surface area contributed by atoms with Crippen LogP contribution in [0.2, 0.25) is 0 Å². The second kappa shape index (κ2) is 6.24. The minimum atomic E-state index is -3.85. The summed E-state index contributed by atoms with van der Waals surface area (Å²) in [6, 6.07) is 13.1. The van der Waals surface area contributed by atoms with Gasteiger partial charge in [0.15, 0.2) is 21.3 Å². The zero-order valence-corrected chi connectivity index (χ0v) is 15.4. The van der Waals surface area contributed by atoms with Crippen molar-refractivity contribution >= 4 is 15.8 Å². The van der Waals surface area contributed by atoms with E-state index < -0.39 is 32.5 Å². The number of hydrogen-bond acceptors (Lipinski definition) is 7. The third kappa shape index (κ3) is 2.67. The van der Waals surface area contributed by atoms with Crippen molar-refractivity contribution in [2.24, 2.45) is 5.73 Å². The van der Waals surface area contributed by atoms with E-state index in [1.165, 1.54) is 12.1 Å². The standard InChI is InChI=1S/C19H19NO6S/c1-2-24-18(21)19(20)16(12-8-9-14-15(10-12)26-11-25-14)17(19)27(22,23)13-6-4-3-5-7-13/h3-10,16-17H,2,11,20H2,1H3. The molecule has 1 heterocycles. The molecule has 2 N–H and O–H groups in total. The Hall–Kier alpha value is -2.58. The highest BCUT2D eigenvalue weighted by Gasteiger charge is 2.74. The fourth-order valence-electron chi connectivity index (χ4n) is 3.62. The van der Waals surface area contributed by atoms with Crippen molar-refractivity contribution in [3.05, 3.63) is 54.1 Å². The molecular weight excluding hydrogens is 370 g/mol. The van der Waals surface area contributed by atoms with E-state index in [4.69, 9.17) is 19.9 Å². The third-order valence-corrected chi connectivity index (χ3v) is 7.23. The van der Waals surface area contributed by atoms with Gasteiger partial charge in [0.2, 0.25) is 6.79 Å². The fraction of sp³-hybridized carbons (Fsp3) is 0.316. The lowest BCUT2D eigenvalue weighted by Gasteiger charge is -2.11. The van der Waals surface area contributed by atoms with Crippen LogP contribution in [0.4, 0.5) is 0 Å². The van der Waals surface area contributed by atoms with Gasteiger partial charge < -0.3 is 19.9 Å². The maximum Gasteiger partial charge on any atom is 0.328 e. The highest BCUT2D eigenvalue weighted by molar-refractivity contribution is 7.92. The van der Waals surface area contributed by atoms with E-state index >= 15 is 0 Å². The zero-order valence-electron chi connectivity index (χ0n) is 14.6. The van der Waals surface area contributed by atoms with Gasteiger partial charge in [-0.1, -0.05) is 24.3 Å². The molecular formula is C19H19NO6S. The van der Waals surface area contributed by atoms with Crippen LogP contribution in [0, 0.1) is 0 Å². The maximum absolute atomic E-state index is 13.2. The molecule has 0 bridgehead atoms. The Bertz CT molecular complexity index is 991. The van der Waals surface area contributed by atoms with E-state index in [-0.39, 0.29) is 18.3 Å². The lowest BCUT2D eigenvalue weighted by atomic mass is 10.1. The molecule has 2 aromatic carbocycles. The quantitative estimate of drug-likeness (QED) is 0.775. The molecule has 1 saturated carbocycles. The predicted octanol–water partition coefficient (Wildman–Crippen LogP) is 1.62. The van der Waals surface area contributed by atoms with Crippen LogP contribution < -0.4 is 15.2 Å². The van der Waals surface area contributed by atoms with Crippen molar-refractivity contribution in [3.8, 4) is 11.5 Å². The molecule has 7 nitrogen and oxygen atoms in total. The van der Waals surface area contributed by atoms with E-state index in [2.05, 4.69) is 0 Å². The first-order valence-electron chi connectivity index (χ1n) is 8.55. The van der Waals surface area contributed by atoms with Gasteiger partial charge in [-0.25, -0.2) is 13.2 Å². The fourth-order valence-corrected chi connectivity index (χ4v) is 5.87. The van der Waals surface area contributed by atoms with Gasteiger partial charge in [-0.3, -0.25) is 0 Å². The Morgan fingerprint density at radius 3 is 2.59 bits per heavy atom. The van der Waals surface area contributed by atoms with E-state index in [9.17, 15) is 13.2 Å². The number of benzene rings is 2. The van der Waals surface area contributed by atoms with Crippen LogP contribution in [0.3, 0.4) is 0 Å². The molecule has 8 heteroatoms. The Morgan fingerprint density at radius 1 is 1.19 bits per heavy atom. The number of carbonyl (C=O) groups is 1. The molecule has 1 aliphatic heterocycles. The summed E-state index contributed by atoms with van der Waals surface area (Å²) < 4.78 is 42.1. The molecule has 0 saturated heterocycles. The van der Waals surface area contributed by atoms with Crippen LogP contribution in [0.25, 0.3) is 0 Å². The number of esters is 1. The van der Waals surface area contributed by atoms with E-state index in [0.29, 0.717) is 17.1 Å². The Balaban J connectivity index is 1.78. The lowest BCUT2D eigenvalue weighted by molar-refractivity contribution is -0.145. The van der Waals surface area contributed by atoms with Gasteiger partial charge in [0.05, 0.1) is 11.5 Å². The number of sulfone groups is 1. The van der Waals surface area contributed by atoms with Crippen molar-refractivity contribution in [2.45, 2.75) is 28.5 Å². The van der Waals surface area contributed by atoms with Gasteiger partial charge in [-0.15, -0.1) is 0 Å². The Kier molecular flexibility index (Phi) is 4.12. The average molecular weight is 389 g/mol. The van der Waals surface area contributed by atoms with E-state index in [1.54, 1.807) is 43.3 Å². The van der Waals surface area contributed by atoms with Gasteiger partial charge in [-0.05, 0) is 36.8 Å². The third-order valence-electron chi connectivity index (χ3n) is 4.97. The molecule has 2 aliphatic rings.